The maximum Gasteiger partial charge on any atom is 0.289 e. The Balaban J connectivity index is 0.00000242. The molecule has 0 aliphatic carbocycles. The minimum atomic E-state index is -0.0372. The van der Waals surface area contributed by atoms with Crippen LogP contribution >= 0.6 is 24.0 Å². The molecule has 6 nitrogen and oxygen atoms in total. The number of guanidine groups is 1. The van der Waals surface area contributed by atoms with Crippen molar-refractivity contribution in [2.75, 3.05) is 39.8 Å². The number of hydrogen-bond donors (Lipinski definition) is 1. The number of rotatable bonds is 3. The summed E-state index contributed by atoms with van der Waals surface area (Å²) in [4.78, 5) is 20.5. The van der Waals surface area contributed by atoms with Crippen molar-refractivity contribution in [3.05, 3.63) is 24.2 Å². The molecule has 0 bridgehead atoms. The lowest BCUT2D eigenvalue weighted by Gasteiger charge is -2.36. The van der Waals surface area contributed by atoms with E-state index in [2.05, 4.69) is 29.1 Å². The molecule has 1 aliphatic heterocycles. The molecule has 124 valence electrons. The minimum Gasteiger partial charge on any atom is -0.459 e. The summed E-state index contributed by atoms with van der Waals surface area (Å²) in [6.45, 7) is 8.16. The molecule has 0 unspecified atom stereocenters. The van der Waals surface area contributed by atoms with Crippen LogP contribution in [0.5, 0.6) is 0 Å². The molecule has 0 atom stereocenters. The van der Waals surface area contributed by atoms with Crippen molar-refractivity contribution in [1.29, 1.82) is 0 Å². The Hall–Kier alpha value is -1.25. The van der Waals surface area contributed by atoms with Crippen LogP contribution in [0.25, 0.3) is 0 Å². The van der Waals surface area contributed by atoms with Gasteiger partial charge in [0.15, 0.2) is 11.7 Å². The van der Waals surface area contributed by atoms with Crippen molar-refractivity contribution in [2.24, 2.45) is 10.9 Å². The quantitative estimate of drug-likeness (QED) is 0.461. The molecule has 1 aliphatic rings. The fourth-order valence-corrected chi connectivity index (χ4v) is 2.31. The number of furan rings is 1. The van der Waals surface area contributed by atoms with Gasteiger partial charge in [0.05, 0.1) is 6.26 Å². The average molecular weight is 420 g/mol. The summed E-state index contributed by atoms with van der Waals surface area (Å²) in [5.41, 5.74) is 0. The van der Waals surface area contributed by atoms with Gasteiger partial charge in [-0.3, -0.25) is 9.79 Å². The molecule has 7 heteroatoms. The van der Waals surface area contributed by atoms with Crippen molar-refractivity contribution in [1.82, 2.24) is 15.1 Å². The molecule has 1 saturated heterocycles. The average Bonchev–Trinajstić information content (AvgIpc) is 3.02. The Morgan fingerprint density at radius 1 is 1.32 bits per heavy atom. The van der Waals surface area contributed by atoms with Crippen molar-refractivity contribution < 1.29 is 9.21 Å². The SMILES string of the molecule is CN=C(NCC(C)C)N1CCN(C(=O)c2ccco2)CC1.I. The fraction of sp³-hybridized carbons (Fsp3) is 0.600. The number of nitrogens with one attached hydrogen (secondary N) is 1. The molecule has 0 saturated carbocycles. The van der Waals surface area contributed by atoms with Gasteiger partial charge in [0, 0.05) is 39.8 Å². The lowest BCUT2D eigenvalue weighted by Crippen LogP contribution is -2.54. The molecule has 2 rings (SSSR count). The monoisotopic (exact) mass is 420 g/mol. The summed E-state index contributed by atoms with van der Waals surface area (Å²) in [5, 5.41) is 3.36. The van der Waals surface area contributed by atoms with Gasteiger partial charge in [0.2, 0.25) is 0 Å². The van der Waals surface area contributed by atoms with Gasteiger partial charge in [0.1, 0.15) is 0 Å². The summed E-state index contributed by atoms with van der Waals surface area (Å²) in [5.74, 6) is 1.85. The molecular weight excluding hydrogens is 395 g/mol. The first-order valence-electron chi connectivity index (χ1n) is 7.40. The molecule has 0 radical (unpaired) electrons. The van der Waals surface area contributed by atoms with Gasteiger partial charge < -0.3 is 19.5 Å². The zero-order valence-electron chi connectivity index (χ0n) is 13.4. The third-order valence-electron chi connectivity index (χ3n) is 3.48. The molecule has 22 heavy (non-hydrogen) atoms. The molecule has 1 N–H and O–H groups in total. The van der Waals surface area contributed by atoms with Crippen LogP contribution in [0.2, 0.25) is 0 Å². The van der Waals surface area contributed by atoms with Crippen molar-refractivity contribution in [3.63, 3.8) is 0 Å². The lowest BCUT2D eigenvalue weighted by molar-refractivity contribution is 0.0657. The highest BCUT2D eigenvalue weighted by atomic mass is 127. The second-order valence-electron chi connectivity index (χ2n) is 5.58. The Labute approximate surface area is 149 Å². The lowest BCUT2D eigenvalue weighted by atomic mass is 10.2. The van der Waals surface area contributed by atoms with Gasteiger partial charge in [-0.25, -0.2) is 0 Å². The molecule has 2 heterocycles. The number of carbonyl (C=O) groups excluding carboxylic acids is 1. The summed E-state index contributed by atoms with van der Waals surface area (Å²) < 4.78 is 5.17. The van der Waals surface area contributed by atoms with Gasteiger partial charge in [0.25, 0.3) is 5.91 Å². The number of halogens is 1. The molecular formula is C15H25IN4O2. The standard InChI is InChI=1S/C15H24N4O2.HI/c1-12(2)11-17-15(16-3)19-8-6-18(7-9-19)14(20)13-5-4-10-21-13;/h4-5,10,12H,6-9,11H2,1-3H3,(H,16,17);1H. The van der Waals surface area contributed by atoms with Gasteiger partial charge >= 0.3 is 0 Å². The second-order valence-corrected chi connectivity index (χ2v) is 5.58. The largest absolute Gasteiger partial charge is 0.459 e. The number of carbonyl (C=O) groups is 1. The summed E-state index contributed by atoms with van der Waals surface area (Å²) >= 11 is 0. The molecule has 0 spiro atoms. The number of amides is 1. The Kier molecular flexibility index (Phi) is 7.70. The zero-order chi connectivity index (χ0) is 15.2. The van der Waals surface area contributed by atoms with E-state index in [-0.39, 0.29) is 29.9 Å². The van der Waals surface area contributed by atoms with Gasteiger partial charge in [-0.1, -0.05) is 13.8 Å². The molecule has 1 aromatic heterocycles. The highest BCUT2D eigenvalue weighted by molar-refractivity contribution is 14.0. The van der Waals surface area contributed by atoms with Crippen LogP contribution in [-0.2, 0) is 0 Å². The van der Waals surface area contributed by atoms with Crippen LogP contribution < -0.4 is 5.32 Å². The topological polar surface area (TPSA) is 61.1 Å². The van der Waals surface area contributed by atoms with Crippen LogP contribution in [0.1, 0.15) is 24.4 Å². The molecule has 0 aromatic carbocycles. The maximum atomic E-state index is 12.2. The number of piperazine rings is 1. The molecule has 1 aromatic rings. The van der Waals surface area contributed by atoms with Crippen LogP contribution in [0, 0.1) is 5.92 Å². The Bertz CT molecular complexity index is 480. The van der Waals surface area contributed by atoms with E-state index in [4.69, 9.17) is 4.42 Å². The Morgan fingerprint density at radius 2 is 1.95 bits per heavy atom. The smallest absolute Gasteiger partial charge is 0.289 e. The fourth-order valence-electron chi connectivity index (χ4n) is 2.31. The van der Waals surface area contributed by atoms with Gasteiger partial charge in [-0.05, 0) is 18.1 Å². The van der Waals surface area contributed by atoms with E-state index in [0.717, 1.165) is 25.6 Å². The summed E-state index contributed by atoms with van der Waals surface area (Å²) in [6, 6.07) is 3.44. The van der Waals surface area contributed by atoms with E-state index < -0.39 is 0 Å². The van der Waals surface area contributed by atoms with E-state index in [9.17, 15) is 4.79 Å². The maximum absolute atomic E-state index is 12.2. The first-order valence-corrected chi connectivity index (χ1v) is 7.40. The number of hydrogen-bond acceptors (Lipinski definition) is 3. The van der Waals surface area contributed by atoms with Crippen LogP contribution in [-0.4, -0.2) is 61.4 Å². The Morgan fingerprint density at radius 3 is 2.45 bits per heavy atom. The first kappa shape index (κ1) is 18.8. The van der Waals surface area contributed by atoms with Crippen molar-refractivity contribution in [3.8, 4) is 0 Å². The third kappa shape index (κ3) is 4.89. The highest BCUT2D eigenvalue weighted by Gasteiger charge is 2.25. The molecule has 1 fully saturated rings. The number of nitrogens with zero attached hydrogens (tertiary/aromatic N) is 3. The van der Waals surface area contributed by atoms with Crippen LogP contribution in [0.3, 0.4) is 0 Å². The number of aliphatic imine (C=N–C) groups is 1. The van der Waals surface area contributed by atoms with E-state index in [1.807, 2.05) is 4.90 Å². The normalized spacial score (nSPS) is 15.7. The van der Waals surface area contributed by atoms with Crippen molar-refractivity contribution >= 4 is 35.8 Å². The van der Waals surface area contributed by atoms with Crippen LogP contribution in [0.4, 0.5) is 0 Å². The van der Waals surface area contributed by atoms with Gasteiger partial charge in [-0.2, -0.15) is 0 Å². The van der Waals surface area contributed by atoms with E-state index in [1.54, 1.807) is 19.2 Å². The van der Waals surface area contributed by atoms with Crippen LogP contribution in [0.15, 0.2) is 27.8 Å². The second kappa shape index (κ2) is 9.02. The van der Waals surface area contributed by atoms with Crippen molar-refractivity contribution in [2.45, 2.75) is 13.8 Å². The third-order valence-corrected chi connectivity index (χ3v) is 3.48. The predicted octanol–water partition coefficient (Wildman–Crippen LogP) is 1.89. The minimum absolute atomic E-state index is 0. The molecule has 1 amide bonds. The van der Waals surface area contributed by atoms with Gasteiger partial charge in [-0.15, -0.1) is 24.0 Å². The summed E-state index contributed by atoms with van der Waals surface area (Å²) in [6.07, 6.45) is 1.53. The van der Waals surface area contributed by atoms with E-state index >= 15 is 0 Å². The summed E-state index contributed by atoms with van der Waals surface area (Å²) in [7, 11) is 1.79. The zero-order valence-corrected chi connectivity index (χ0v) is 15.7. The van der Waals surface area contributed by atoms with E-state index in [1.165, 1.54) is 6.26 Å². The highest BCUT2D eigenvalue weighted by Crippen LogP contribution is 2.09. The van der Waals surface area contributed by atoms with E-state index in [0.29, 0.717) is 24.8 Å². The predicted molar refractivity (Wildman–Crippen MR) is 97.8 cm³/mol. The first-order chi connectivity index (χ1) is 10.1.